The molecule has 4 nitrogen and oxygen atoms in total. The lowest BCUT2D eigenvalue weighted by Gasteiger charge is -2.20. The number of carbonyl (C=O) groups excluding carboxylic acids is 1. The van der Waals surface area contributed by atoms with Crippen LogP contribution in [0.2, 0.25) is 0 Å². The first-order chi connectivity index (χ1) is 8.27. The molecule has 1 aliphatic heterocycles. The van der Waals surface area contributed by atoms with E-state index in [0.29, 0.717) is 26.2 Å². The van der Waals surface area contributed by atoms with Crippen molar-refractivity contribution in [1.29, 1.82) is 0 Å². The van der Waals surface area contributed by atoms with E-state index in [1.54, 1.807) is 0 Å². The van der Waals surface area contributed by atoms with Crippen LogP contribution in [0.15, 0.2) is 0 Å². The molecular formula is C12H24N2O2S. The van der Waals surface area contributed by atoms with Gasteiger partial charge in [0.25, 0.3) is 0 Å². The van der Waals surface area contributed by atoms with Gasteiger partial charge in [-0.05, 0) is 25.5 Å². The minimum absolute atomic E-state index is 0.226. The number of nitrogens with zero attached hydrogens (tertiary/aromatic N) is 1. The molecule has 0 aromatic rings. The van der Waals surface area contributed by atoms with Crippen molar-refractivity contribution in [3.8, 4) is 0 Å². The van der Waals surface area contributed by atoms with Crippen LogP contribution < -0.4 is 5.73 Å². The Balaban J connectivity index is 2.22. The maximum atomic E-state index is 11.9. The predicted octanol–water partition coefficient (Wildman–Crippen LogP) is 1.10. The van der Waals surface area contributed by atoms with Gasteiger partial charge in [0.1, 0.15) is 0 Å². The van der Waals surface area contributed by atoms with Gasteiger partial charge in [-0.25, -0.2) is 0 Å². The van der Waals surface area contributed by atoms with Crippen LogP contribution >= 0.6 is 11.8 Å². The summed E-state index contributed by atoms with van der Waals surface area (Å²) in [4.78, 5) is 13.9. The van der Waals surface area contributed by atoms with Gasteiger partial charge in [0.05, 0.1) is 19.6 Å². The molecule has 0 aliphatic carbocycles. The molecule has 0 saturated carbocycles. The minimum Gasteiger partial charge on any atom is -0.380 e. The summed E-state index contributed by atoms with van der Waals surface area (Å²) in [6.45, 7) is 3.38. The van der Waals surface area contributed by atoms with Gasteiger partial charge in [-0.3, -0.25) is 4.79 Å². The van der Waals surface area contributed by atoms with E-state index in [-0.39, 0.29) is 5.91 Å². The van der Waals surface area contributed by atoms with Gasteiger partial charge < -0.3 is 15.4 Å². The van der Waals surface area contributed by atoms with Crippen molar-refractivity contribution in [2.75, 3.05) is 39.1 Å². The lowest BCUT2D eigenvalue weighted by atomic mass is 10.2. The van der Waals surface area contributed by atoms with Gasteiger partial charge in [0.2, 0.25) is 5.91 Å². The molecule has 0 radical (unpaired) electrons. The number of hydrogen-bond acceptors (Lipinski definition) is 4. The molecule has 0 aromatic heterocycles. The number of rotatable bonds is 6. The molecule has 5 heteroatoms. The van der Waals surface area contributed by atoms with E-state index in [4.69, 9.17) is 10.5 Å². The second-order valence-corrected chi connectivity index (χ2v) is 5.46. The summed E-state index contributed by atoms with van der Waals surface area (Å²) in [5, 5.41) is 0.723. The fraction of sp³-hybridized carbons (Fsp3) is 0.917. The lowest BCUT2D eigenvalue weighted by molar-refractivity contribution is -0.132. The largest absolute Gasteiger partial charge is 0.380 e. The maximum absolute atomic E-state index is 11.9. The zero-order valence-electron chi connectivity index (χ0n) is 10.7. The molecule has 1 saturated heterocycles. The molecule has 0 bridgehead atoms. The molecular weight excluding hydrogens is 236 g/mol. The van der Waals surface area contributed by atoms with E-state index >= 15 is 0 Å². The Bertz CT molecular complexity index is 227. The van der Waals surface area contributed by atoms with Gasteiger partial charge in [0, 0.05) is 24.9 Å². The van der Waals surface area contributed by atoms with Crippen molar-refractivity contribution in [3.05, 3.63) is 0 Å². The summed E-state index contributed by atoms with van der Waals surface area (Å²) in [6, 6.07) is 0. The third-order valence-electron chi connectivity index (χ3n) is 3.08. The van der Waals surface area contributed by atoms with Crippen molar-refractivity contribution < 1.29 is 9.53 Å². The first-order valence-corrected chi connectivity index (χ1v) is 7.65. The van der Waals surface area contributed by atoms with E-state index in [2.05, 4.69) is 6.26 Å². The first kappa shape index (κ1) is 14.8. The van der Waals surface area contributed by atoms with Gasteiger partial charge in [-0.15, -0.1) is 0 Å². The van der Waals surface area contributed by atoms with Crippen molar-refractivity contribution in [1.82, 2.24) is 4.90 Å². The molecule has 17 heavy (non-hydrogen) atoms. The lowest BCUT2D eigenvalue weighted by Crippen LogP contribution is -2.32. The number of thioether (sulfide) groups is 1. The monoisotopic (exact) mass is 260 g/mol. The SMILES string of the molecule is CSC1CCCN(C(=O)CCOCCN)CC1. The van der Waals surface area contributed by atoms with Crippen LogP contribution in [0.1, 0.15) is 25.7 Å². The topological polar surface area (TPSA) is 55.6 Å². The van der Waals surface area contributed by atoms with Gasteiger partial charge in [-0.2, -0.15) is 11.8 Å². The van der Waals surface area contributed by atoms with Gasteiger partial charge in [0.15, 0.2) is 0 Å². The van der Waals surface area contributed by atoms with Crippen molar-refractivity contribution in [2.45, 2.75) is 30.9 Å². The summed E-state index contributed by atoms with van der Waals surface area (Å²) in [6.07, 6.45) is 6.12. The van der Waals surface area contributed by atoms with Crippen LogP contribution in [0.25, 0.3) is 0 Å². The van der Waals surface area contributed by atoms with E-state index in [0.717, 1.165) is 31.2 Å². The Morgan fingerprint density at radius 2 is 2.24 bits per heavy atom. The summed E-state index contributed by atoms with van der Waals surface area (Å²) >= 11 is 1.92. The Hall–Kier alpha value is -0.260. The van der Waals surface area contributed by atoms with E-state index in [1.807, 2.05) is 16.7 Å². The number of ether oxygens (including phenoxy) is 1. The van der Waals surface area contributed by atoms with Crippen LogP contribution in [-0.2, 0) is 9.53 Å². The summed E-state index contributed by atoms with van der Waals surface area (Å²) in [5.41, 5.74) is 5.32. The fourth-order valence-corrected chi connectivity index (χ4v) is 2.80. The smallest absolute Gasteiger partial charge is 0.224 e. The number of likely N-dealkylation sites (tertiary alicyclic amines) is 1. The summed E-state index contributed by atoms with van der Waals surface area (Å²) < 4.78 is 5.24. The third-order valence-corrected chi connectivity index (χ3v) is 4.22. The molecule has 0 spiro atoms. The summed E-state index contributed by atoms with van der Waals surface area (Å²) in [5.74, 6) is 0.226. The van der Waals surface area contributed by atoms with E-state index < -0.39 is 0 Å². The van der Waals surface area contributed by atoms with Crippen molar-refractivity contribution in [3.63, 3.8) is 0 Å². The zero-order chi connectivity index (χ0) is 12.5. The first-order valence-electron chi connectivity index (χ1n) is 6.36. The maximum Gasteiger partial charge on any atom is 0.224 e. The highest BCUT2D eigenvalue weighted by Crippen LogP contribution is 2.21. The van der Waals surface area contributed by atoms with Crippen LogP contribution in [0.3, 0.4) is 0 Å². The van der Waals surface area contributed by atoms with Crippen LogP contribution in [0.4, 0.5) is 0 Å². The average Bonchev–Trinajstić information content (AvgIpc) is 2.59. The second-order valence-electron chi connectivity index (χ2n) is 4.32. The fourth-order valence-electron chi connectivity index (χ4n) is 2.05. The van der Waals surface area contributed by atoms with Gasteiger partial charge in [-0.1, -0.05) is 0 Å². The molecule has 1 aliphatic rings. The van der Waals surface area contributed by atoms with Crippen LogP contribution in [0.5, 0.6) is 0 Å². The van der Waals surface area contributed by atoms with Crippen LogP contribution in [0, 0.1) is 0 Å². The molecule has 1 amide bonds. The van der Waals surface area contributed by atoms with Crippen molar-refractivity contribution in [2.24, 2.45) is 5.73 Å². The van der Waals surface area contributed by atoms with E-state index in [9.17, 15) is 4.79 Å². The Morgan fingerprint density at radius 3 is 2.94 bits per heavy atom. The Morgan fingerprint density at radius 1 is 1.41 bits per heavy atom. The standard InChI is InChI=1S/C12H24N2O2S/c1-17-11-3-2-7-14(8-4-11)12(15)5-9-16-10-6-13/h11H,2-10,13H2,1H3. The highest BCUT2D eigenvalue weighted by molar-refractivity contribution is 7.99. The molecule has 100 valence electrons. The Labute approximate surface area is 108 Å². The zero-order valence-corrected chi connectivity index (χ0v) is 11.5. The minimum atomic E-state index is 0.226. The highest BCUT2D eigenvalue weighted by atomic mass is 32.2. The van der Waals surface area contributed by atoms with Crippen molar-refractivity contribution >= 4 is 17.7 Å². The number of amides is 1. The molecule has 0 aromatic carbocycles. The highest BCUT2D eigenvalue weighted by Gasteiger charge is 2.19. The number of nitrogens with two attached hydrogens (primary N) is 1. The molecule has 1 fully saturated rings. The van der Waals surface area contributed by atoms with E-state index in [1.165, 1.54) is 6.42 Å². The normalized spacial score (nSPS) is 21.3. The number of hydrogen-bond donors (Lipinski definition) is 1. The quantitative estimate of drug-likeness (QED) is 0.727. The molecule has 1 atom stereocenters. The second kappa shape index (κ2) is 8.78. The summed E-state index contributed by atoms with van der Waals surface area (Å²) in [7, 11) is 0. The predicted molar refractivity (Wildman–Crippen MR) is 72.2 cm³/mol. The molecule has 2 N–H and O–H groups in total. The van der Waals surface area contributed by atoms with Crippen LogP contribution in [-0.4, -0.2) is 55.2 Å². The average molecular weight is 260 g/mol. The molecule has 1 heterocycles. The Kier molecular flexibility index (Phi) is 7.64. The number of carbonyl (C=O) groups is 1. The molecule has 1 rings (SSSR count). The van der Waals surface area contributed by atoms with Gasteiger partial charge >= 0.3 is 0 Å². The molecule has 1 unspecified atom stereocenters. The third kappa shape index (κ3) is 5.75.